The lowest BCUT2D eigenvalue weighted by atomic mass is 10.1. The number of aryl methyl sites for hydroxylation is 2. The Morgan fingerprint density at radius 1 is 1.32 bits per heavy atom. The fraction of sp³-hybridized carbons (Fsp3) is 0.294. The van der Waals surface area contributed by atoms with Crippen LogP contribution in [0.15, 0.2) is 18.2 Å². The van der Waals surface area contributed by atoms with Crippen LogP contribution in [0.1, 0.15) is 33.3 Å². The molecule has 2 aromatic heterocycles. The Kier molecular flexibility index (Phi) is 4.26. The molecule has 8 heteroatoms. The number of aromatic amines is 1. The Balaban J connectivity index is 1.73. The zero-order valence-electron chi connectivity index (χ0n) is 14.3. The van der Waals surface area contributed by atoms with Crippen LogP contribution in [0.2, 0.25) is 0 Å². The molecule has 25 heavy (non-hydrogen) atoms. The summed E-state index contributed by atoms with van der Waals surface area (Å²) >= 11 is 0. The predicted molar refractivity (Wildman–Crippen MR) is 91.3 cm³/mol. The van der Waals surface area contributed by atoms with Gasteiger partial charge in [-0.15, -0.1) is 0 Å². The molecule has 0 saturated carbocycles. The second-order valence-corrected chi connectivity index (χ2v) is 5.95. The average Bonchev–Trinajstić information content (AvgIpc) is 3.11. The van der Waals surface area contributed by atoms with Crippen LogP contribution in [0.3, 0.4) is 0 Å². The minimum Gasteiger partial charge on any atom is -0.481 e. The molecule has 2 heterocycles. The molecule has 8 nitrogen and oxygen atoms in total. The van der Waals surface area contributed by atoms with Crippen molar-refractivity contribution in [1.29, 1.82) is 0 Å². The minimum absolute atomic E-state index is 0.149. The van der Waals surface area contributed by atoms with Crippen LogP contribution in [-0.2, 0) is 24.8 Å². The number of hydrogen-bond acceptors (Lipinski definition) is 4. The van der Waals surface area contributed by atoms with Crippen molar-refractivity contribution in [3.05, 3.63) is 46.7 Å². The maximum atomic E-state index is 12.4. The molecule has 0 aliphatic heterocycles. The number of carbonyl (C=O) groups excluding carboxylic acids is 1. The van der Waals surface area contributed by atoms with Crippen LogP contribution in [0.5, 0.6) is 0 Å². The summed E-state index contributed by atoms with van der Waals surface area (Å²) < 4.78 is 2.10. The molecule has 0 aliphatic rings. The molecule has 0 aliphatic carbocycles. The monoisotopic (exact) mass is 341 g/mol. The van der Waals surface area contributed by atoms with E-state index in [1.54, 1.807) is 6.07 Å². The lowest BCUT2D eigenvalue weighted by Crippen LogP contribution is -2.23. The highest BCUT2D eigenvalue weighted by Crippen LogP contribution is 2.25. The maximum absolute atomic E-state index is 12.4. The van der Waals surface area contributed by atoms with Gasteiger partial charge in [0.2, 0.25) is 0 Å². The van der Waals surface area contributed by atoms with Crippen LogP contribution in [0, 0.1) is 13.8 Å². The van der Waals surface area contributed by atoms with E-state index in [1.807, 2.05) is 33.0 Å². The standard InChI is InChI=1S/C17H19N5O3/c1-9-10(2)22(3)13-5-4-11(6-12(9)13)17(25)18-8-15-19-14(20-21-15)7-16(23)24/h4-6H,7-8H2,1-3H3,(H,18,25)(H,23,24)(H,19,20,21). The van der Waals surface area contributed by atoms with Crippen molar-refractivity contribution in [2.24, 2.45) is 7.05 Å². The normalized spacial score (nSPS) is 11.0. The molecular weight excluding hydrogens is 322 g/mol. The summed E-state index contributed by atoms with van der Waals surface area (Å²) in [5.74, 6) is -0.624. The quantitative estimate of drug-likeness (QED) is 0.650. The Morgan fingerprint density at radius 3 is 2.80 bits per heavy atom. The first-order valence-corrected chi connectivity index (χ1v) is 7.82. The molecule has 1 amide bonds. The number of fused-ring (bicyclic) bond motifs is 1. The summed E-state index contributed by atoms with van der Waals surface area (Å²) in [5.41, 5.74) is 3.97. The molecular formula is C17H19N5O3. The number of aromatic nitrogens is 4. The van der Waals surface area contributed by atoms with Gasteiger partial charge in [0.1, 0.15) is 12.2 Å². The molecule has 0 fully saturated rings. The van der Waals surface area contributed by atoms with Crippen LogP contribution < -0.4 is 5.32 Å². The van der Waals surface area contributed by atoms with E-state index in [1.165, 1.54) is 5.69 Å². The van der Waals surface area contributed by atoms with Crippen molar-refractivity contribution in [3.8, 4) is 0 Å². The Morgan fingerprint density at radius 2 is 2.08 bits per heavy atom. The van der Waals surface area contributed by atoms with Gasteiger partial charge in [0, 0.05) is 29.2 Å². The summed E-state index contributed by atoms with van der Waals surface area (Å²) in [6, 6.07) is 5.60. The van der Waals surface area contributed by atoms with E-state index in [2.05, 4.69) is 25.1 Å². The zero-order valence-corrected chi connectivity index (χ0v) is 14.3. The third-order valence-electron chi connectivity index (χ3n) is 4.37. The smallest absolute Gasteiger partial charge is 0.311 e. The number of benzene rings is 1. The summed E-state index contributed by atoms with van der Waals surface area (Å²) in [4.78, 5) is 27.0. The predicted octanol–water partition coefficient (Wildman–Crippen LogP) is 1.47. The van der Waals surface area contributed by atoms with E-state index < -0.39 is 5.97 Å². The molecule has 3 N–H and O–H groups in total. The van der Waals surface area contributed by atoms with Gasteiger partial charge >= 0.3 is 5.97 Å². The number of carboxylic acid groups (broad SMARTS) is 1. The molecule has 0 spiro atoms. The van der Waals surface area contributed by atoms with Crippen molar-refractivity contribution in [3.63, 3.8) is 0 Å². The summed E-state index contributed by atoms with van der Waals surface area (Å²) in [7, 11) is 2.00. The SMILES string of the molecule is Cc1c(C)n(C)c2ccc(C(=O)NCc3nc(CC(=O)O)n[nH]3)cc12. The molecule has 1 aromatic carbocycles. The third kappa shape index (κ3) is 3.23. The largest absolute Gasteiger partial charge is 0.481 e. The van der Waals surface area contributed by atoms with Crippen molar-refractivity contribution >= 4 is 22.8 Å². The molecule has 0 bridgehead atoms. The summed E-state index contributed by atoms with van der Waals surface area (Å²) in [6.45, 7) is 4.24. The fourth-order valence-corrected chi connectivity index (χ4v) is 2.79. The van der Waals surface area contributed by atoms with Crippen molar-refractivity contribution in [2.45, 2.75) is 26.8 Å². The number of rotatable bonds is 5. The highest BCUT2D eigenvalue weighted by Gasteiger charge is 2.13. The zero-order chi connectivity index (χ0) is 18.1. The van der Waals surface area contributed by atoms with E-state index in [9.17, 15) is 9.59 Å². The molecule has 3 aromatic rings. The van der Waals surface area contributed by atoms with Gasteiger partial charge in [0.05, 0.1) is 6.54 Å². The first kappa shape index (κ1) is 16.7. The molecule has 130 valence electrons. The molecule has 3 rings (SSSR count). The van der Waals surface area contributed by atoms with Gasteiger partial charge in [0.15, 0.2) is 5.82 Å². The third-order valence-corrected chi connectivity index (χ3v) is 4.37. The minimum atomic E-state index is -1.00. The maximum Gasteiger partial charge on any atom is 0.311 e. The van der Waals surface area contributed by atoms with E-state index in [4.69, 9.17) is 5.11 Å². The Hall–Kier alpha value is -3.16. The average molecular weight is 341 g/mol. The lowest BCUT2D eigenvalue weighted by molar-refractivity contribution is -0.136. The summed E-state index contributed by atoms with van der Waals surface area (Å²) in [5, 5.41) is 18.9. The second-order valence-electron chi connectivity index (χ2n) is 5.95. The van der Waals surface area contributed by atoms with Gasteiger partial charge in [-0.25, -0.2) is 4.98 Å². The number of carboxylic acids is 1. The van der Waals surface area contributed by atoms with Gasteiger partial charge < -0.3 is 15.0 Å². The van der Waals surface area contributed by atoms with Gasteiger partial charge in [0.25, 0.3) is 5.91 Å². The molecule has 0 saturated heterocycles. The van der Waals surface area contributed by atoms with E-state index in [0.717, 1.165) is 16.5 Å². The van der Waals surface area contributed by atoms with Crippen LogP contribution in [0.4, 0.5) is 0 Å². The van der Waals surface area contributed by atoms with Crippen molar-refractivity contribution < 1.29 is 14.7 Å². The number of H-pyrrole nitrogens is 1. The number of amides is 1. The van der Waals surface area contributed by atoms with Crippen LogP contribution in [0.25, 0.3) is 10.9 Å². The van der Waals surface area contributed by atoms with Crippen molar-refractivity contribution in [2.75, 3.05) is 0 Å². The Bertz CT molecular complexity index is 970. The molecule has 0 atom stereocenters. The van der Waals surface area contributed by atoms with E-state index >= 15 is 0 Å². The first-order valence-electron chi connectivity index (χ1n) is 7.82. The molecule has 0 radical (unpaired) electrons. The number of hydrogen-bond donors (Lipinski definition) is 3. The Labute approximate surface area is 143 Å². The van der Waals surface area contributed by atoms with E-state index in [-0.39, 0.29) is 24.7 Å². The number of aliphatic carboxylic acids is 1. The number of nitrogens with one attached hydrogen (secondary N) is 2. The van der Waals surface area contributed by atoms with Crippen molar-refractivity contribution in [1.82, 2.24) is 25.1 Å². The highest BCUT2D eigenvalue weighted by atomic mass is 16.4. The van der Waals surface area contributed by atoms with Gasteiger partial charge in [-0.05, 0) is 37.6 Å². The van der Waals surface area contributed by atoms with E-state index in [0.29, 0.717) is 11.4 Å². The first-order chi connectivity index (χ1) is 11.9. The van der Waals surface area contributed by atoms with Gasteiger partial charge in [-0.1, -0.05) is 0 Å². The lowest BCUT2D eigenvalue weighted by Gasteiger charge is -2.04. The second kappa shape index (κ2) is 6.39. The fourth-order valence-electron chi connectivity index (χ4n) is 2.79. The van der Waals surface area contributed by atoms with Gasteiger partial charge in [-0.3, -0.25) is 14.7 Å². The summed E-state index contributed by atoms with van der Waals surface area (Å²) in [6.07, 6.45) is -0.256. The number of carbonyl (C=O) groups is 2. The van der Waals surface area contributed by atoms with Crippen LogP contribution >= 0.6 is 0 Å². The number of nitrogens with zero attached hydrogens (tertiary/aromatic N) is 3. The van der Waals surface area contributed by atoms with Crippen LogP contribution in [-0.4, -0.2) is 36.7 Å². The van der Waals surface area contributed by atoms with Gasteiger partial charge in [-0.2, -0.15) is 5.10 Å². The molecule has 0 unspecified atom stereocenters. The highest BCUT2D eigenvalue weighted by molar-refractivity contribution is 5.99. The topological polar surface area (TPSA) is 113 Å².